The Hall–Kier alpha value is -1.69. The second-order valence-electron chi connectivity index (χ2n) is 4.06. The van der Waals surface area contributed by atoms with Gasteiger partial charge in [0.05, 0.1) is 18.7 Å². The lowest BCUT2D eigenvalue weighted by molar-refractivity contribution is -0.142. The van der Waals surface area contributed by atoms with Crippen LogP contribution >= 0.6 is 11.3 Å². The summed E-state index contributed by atoms with van der Waals surface area (Å²) in [4.78, 5) is 15.9. The van der Waals surface area contributed by atoms with Gasteiger partial charge in [0.15, 0.2) is 0 Å². The number of hydrogen-bond acceptors (Lipinski definition) is 5. The van der Waals surface area contributed by atoms with Crippen LogP contribution in [0.4, 0.5) is 0 Å². The van der Waals surface area contributed by atoms with Crippen LogP contribution in [0.1, 0.15) is 29.8 Å². The van der Waals surface area contributed by atoms with Crippen molar-refractivity contribution in [3.8, 4) is 5.13 Å². The number of carbonyl (C=O) groups is 1. The van der Waals surface area contributed by atoms with E-state index < -0.39 is 0 Å². The van der Waals surface area contributed by atoms with E-state index in [-0.39, 0.29) is 11.9 Å². The Balaban J connectivity index is 2.48. The molecule has 0 radical (unpaired) electrons. The normalized spacial score (nSPS) is 12.4. The molecule has 96 valence electrons. The van der Waals surface area contributed by atoms with Crippen molar-refractivity contribution in [3.63, 3.8) is 0 Å². The minimum absolute atomic E-state index is 0.250. The Labute approximate surface area is 109 Å². The smallest absolute Gasteiger partial charge is 0.312 e. The highest BCUT2D eigenvalue weighted by Crippen LogP contribution is 2.26. The summed E-state index contributed by atoms with van der Waals surface area (Å²) in [5.74, 6) is -0.566. The topological polar surface area (TPSA) is 57.0 Å². The molecule has 0 aromatic carbocycles. The van der Waals surface area contributed by atoms with Gasteiger partial charge in [-0.05, 0) is 20.8 Å². The second-order valence-corrected chi connectivity index (χ2v) is 4.93. The summed E-state index contributed by atoms with van der Waals surface area (Å²) in [6.07, 6.45) is 1.74. The second kappa shape index (κ2) is 4.89. The third-order valence-corrected chi connectivity index (χ3v) is 3.68. The van der Waals surface area contributed by atoms with E-state index in [1.54, 1.807) is 10.9 Å². The van der Waals surface area contributed by atoms with Crippen LogP contribution in [0.25, 0.3) is 5.13 Å². The first-order chi connectivity index (χ1) is 8.56. The van der Waals surface area contributed by atoms with Crippen LogP contribution in [0.2, 0.25) is 0 Å². The molecule has 0 amide bonds. The third kappa shape index (κ3) is 2.03. The van der Waals surface area contributed by atoms with Crippen molar-refractivity contribution in [3.05, 3.63) is 28.5 Å². The number of carbonyl (C=O) groups excluding carboxylic acids is 1. The van der Waals surface area contributed by atoms with E-state index in [9.17, 15) is 4.79 Å². The molecule has 1 atom stereocenters. The zero-order valence-corrected chi connectivity index (χ0v) is 11.6. The Morgan fingerprint density at radius 3 is 2.78 bits per heavy atom. The molecular weight excluding hydrogens is 250 g/mol. The number of ether oxygens (including phenoxy) is 1. The summed E-state index contributed by atoms with van der Waals surface area (Å²) in [5, 5.41) is 7.15. The average Bonchev–Trinajstić information content (AvgIpc) is 2.96. The van der Waals surface area contributed by atoms with Gasteiger partial charge in [0.2, 0.25) is 5.13 Å². The van der Waals surface area contributed by atoms with Gasteiger partial charge in [-0.3, -0.25) is 4.79 Å². The fraction of sp³-hybridized carbons (Fsp3) is 0.417. The molecule has 0 fully saturated rings. The Kier molecular flexibility index (Phi) is 3.47. The van der Waals surface area contributed by atoms with Crippen molar-refractivity contribution in [1.29, 1.82) is 0 Å². The predicted octanol–water partition coefficient (Wildman–Crippen LogP) is 2.22. The van der Waals surface area contributed by atoms with E-state index in [4.69, 9.17) is 4.74 Å². The number of esters is 1. The molecule has 0 bridgehead atoms. The molecule has 2 aromatic heterocycles. The third-order valence-electron chi connectivity index (χ3n) is 2.94. The zero-order valence-electron chi connectivity index (χ0n) is 10.8. The van der Waals surface area contributed by atoms with Crippen LogP contribution in [0.3, 0.4) is 0 Å². The molecule has 18 heavy (non-hydrogen) atoms. The minimum Gasteiger partial charge on any atom is -0.469 e. The highest BCUT2D eigenvalue weighted by Gasteiger charge is 2.24. The molecule has 0 saturated carbocycles. The minimum atomic E-state index is -0.316. The van der Waals surface area contributed by atoms with Crippen molar-refractivity contribution >= 4 is 17.3 Å². The maximum Gasteiger partial charge on any atom is 0.312 e. The van der Waals surface area contributed by atoms with E-state index in [2.05, 4.69) is 10.1 Å². The van der Waals surface area contributed by atoms with Crippen LogP contribution in [-0.4, -0.2) is 27.8 Å². The van der Waals surface area contributed by atoms with Crippen LogP contribution in [-0.2, 0) is 9.53 Å². The number of nitrogens with zero attached hydrogens (tertiary/aromatic N) is 3. The van der Waals surface area contributed by atoms with E-state index in [0.29, 0.717) is 0 Å². The van der Waals surface area contributed by atoms with Gasteiger partial charge in [-0.1, -0.05) is 0 Å². The van der Waals surface area contributed by atoms with E-state index in [0.717, 1.165) is 22.1 Å². The van der Waals surface area contributed by atoms with Gasteiger partial charge in [-0.25, -0.2) is 9.67 Å². The van der Waals surface area contributed by atoms with E-state index in [1.165, 1.54) is 18.4 Å². The lowest BCUT2D eigenvalue weighted by atomic mass is 9.99. The number of methoxy groups -OCH3 is 1. The fourth-order valence-corrected chi connectivity index (χ4v) is 2.73. The summed E-state index contributed by atoms with van der Waals surface area (Å²) in [6, 6.07) is 0. The SMILES string of the molecule is COC(=O)C(C)c1c(C)nn(-c2nccs2)c1C. The van der Waals surface area contributed by atoms with Gasteiger partial charge in [0.1, 0.15) is 0 Å². The van der Waals surface area contributed by atoms with Gasteiger partial charge in [-0.15, -0.1) is 11.3 Å². The summed E-state index contributed by atoms with van der Waals surface area (Å²) in [5.41, 5.74) is 2.68. The predicted molar refractivity (Wildman–Crippen MR) is 69.1 cm³/mol. The molecule has 2 aromatic rings. The van der Waals surface area contributed by atoms with Crippen LogP contribution in [0.15, 0.2) is 11.6 Å². The Bertz CT molecular complexity index is 560. The summed E-state index contributed by atoms with van der Waals surface area (Å²) < 4.78 is 6.56. The average molecular weight is 265 g/mol. The molecule has 1 unspecified atom stereocenters. The van der Waals surface area contributed by atoms with Crippen molar-refractivity contribution < 1.29 is 9.53 Å². The van der Waals surface area contributed by atoms with Gasteiger partial charge < -0.3 is 4.74 Å². The summed E-state index contributed by atoms with van der Waals surface area (Å²) in [7, 11) is 1.40. The molecule has 0 aliphatic heterocycles. The maximum absolute atomic E-state index is 11.6. The highest BCUT2D eigenvalue weighted by atomic mass is 32.1. The zero-order chi connectivity index (χ0) is 13.3. The van der Waals surface area contributed by atoms with E-state index in [1.807, 2.05) is 26.2 Å². The molecule has 6 heteroatoms. The quantitative estimate of drug-likeness (QED) is 0.798. The standard InChI is InChI=1S/C12H15N3O2S/c1-7(11(16)17-4)10-8(2)14-15(9(10)3)12-13-5-6-18-12/h5-7H,1-4H3. The molecule has 0 aliphatic carbocycles. The van der Waals surface area contributed by atoms with Gasteiger partial charge >= 0.3 is 5.97 Å². The van der Waals surface area contributed by atoms with Crippen LogP contribution in [0, 0.1) is 13.8 Å². The van der Waals surface area contributed by atoms with Crippen LogP contribution < -0.4 is 0 Å². The summed E-state index contributed by atoms with van der Waals surface area (Å²) in [6.45, 7) is 5.66. The number of hydrogen-bond donors (Lipinski definition) is 0. The first kappa shape index (κ1) is 12.8. The molecular formula is C12H15N3O2S. The number of thiazole rings is 1. The number of aryl methyl sites for hydroxylation is 1. The molecule has 2 rings (SSSR count). The first-order valence-electron chi connectivity index (χ1n) is 5.60. The number of aromatic nitrogens is 3. The number of rotatable bonds is 3. The van der Waals surface area contributed by atoms with Crippen molar-refractivity contribution in [2.24, 2.45) is 0 Å². The van der Waals surface area contributed by atoms with Crippen LogP contribution in [0.5, 0.6) is 0 Å². The summed E-state index contributed by atoms with van der Waals surface area (Å²) >= 11 is 1.51. The molecule has 0 saturated heterocycles. The Morgan fingerprint density at radius 2 is 2.22 bits per heavy atom. The van der Waals surface area contributed by atoms with E-state index >= 15 is 0 Å². The largest absolute Gasteiger partial charge is 0.469 e. The first-order valence-corrected chi connectivity index (χ1v) is 6.48. The highest BCUT2D eigenvalue weighted by molar-refractivity contribution is 7.12. The van der Waals surface area contributed by atoms with Gasteiger partial charge in [0, 0.05) is 22.8 Å². The molecule has 0 spiro atoms. The Morgan fingerprint density at radius 1 is 1.50 bits per heavy atom. The van der Waals surface area contributed by atoms with Gasteiger partial charge in [0.25, 0.3) is 0 Å². The van der Waals surface area contributed by atoms with Crippen molar-refractivity contribution in [2.45, 2.75) is 26.7 Å². The van der Waals surface area contributed by atoms with Crippen molar-refractivity contribution in [1.82, 2.24) is 14.8 Å². The van der Waals surface area contributed by atoms with Gasteiger partial charge in [-0.2, -0.15) is 5.10 Å². The van der Waals surface area contributed by atoms with Crippen molar-refractivity contribution in [2.75, 3.05) is 7.11 Å². The maximum atomic E-state index is 11.6. The molecule has 2 heterocycles. The molecule has 0 aliphatic rings. The lowest BCUT2D eigenvalue weighted by Gasteiger charge is -2.09. The molecule has 5 nitrogen and oxygen atoms in total. The fourth-order valence-electron chi connectivity index (χ4n) is 2.08. The molecule has 0 N–H and O–H groups in total. The lowest BCUT2D eigenvalue weighted by Crippen LogP contribution is -2.12. The monoisotopic (exact) mass is 265 g/mol.